The minimum atomic E-state index is -0.150. The second-order valence-electron chi connectivity index (χ2n) is 7.87. The maximum absolute atomic E-state index is 11.6. The van der Waals surface area contributed by atoms with Crippen LogP contribution in [0.4, 0.5) is 0 Å². The third-order valence-corrected chi connectivity index (χ3v) is 5.64. The molecule has 2 rings (SSSR count). The Hall–Kier alpha value is -1.31. The molecule has 0 aliphatic carbocycles. The summed E-state index contributed by atoms with van der Waals surface area (Å²) in [5.74, 6) is -0.150. The molecule has 0 atom stereocenters. The molecule has 0 radical (unpaired) electrons. The Morgan fingerprint density at radius 3 is 1.88 bits per heavy atom. The number of carbonyl (C=O) groups is 1. The highest BCUT2D eigenvalue weighted by molar-refractivity contribution is 5.93. The largest absolute Gasteiger partial charge is 0.457 e. The minimum Gasteiger partial charge on any atom is -0.457 e. The molecule has 0 unspecified atom stereocenters. The van der Waals surface area contributed by atoms with Crippen LogP contribution in [0, 0.1) is 0 Å². The zero-order chi connectivity index (χ0) is 18.5. The fourth-order valence-electron chi connectivity index (χ4n) is 3.96. The van der Waals surface area contributed by atoms with E-state index >= 15 is 0 Å². The maximum Gasteiger partial charge on any atom is 0.338 e. The number of cyclic esters (lactones) is 1. The zero-order valence-electron chi connectivity index (χ0n) is 16.9. The van der Waals surface area contributed by atoms with Gasteiger partial charge in [-0.1, -0.05) is 103 Å². The van der Waals surface area contributed by atoms with Crippen LogP contribution in [-0.2, 0) is 17.8 Å². The van der Waals surface area contributed by atoms with Crippen LogP contribution in [0.3, 0.4) is 0 Å². The van der Waals surface area contributed by atoms with Gasteiger partial charge in [0.05, 0.1) is 5.56 Å². The van der Waals surface area contributed by atoms with Crippen molar-refractivity contribution in [3.63, 3.8) is 0 Å². The lowest BCUT2D eigenvalue weighted by Gasteiger charge is -2.06. The van der Waals surface area contributed by atoms with Crippen LogP contribution in [0.2, 0.25) is 0 Å². The quantitative estimate of drug-likeness (QED) is 0.241. The van der Waals surface area contributed by atoms with Gasteiger partial charge in [0.2, 0.25) is 0 Å². The van der Waals surface area contributed by atoms with Crippen LogP contribution in [0.1, 0.15) is 118 Å². The molecule has 0 amide bonds. The molecule has 1 heterocycles. The summed E-state index contributed by atoms with van der Waals surface area (Å²) in [6, 6.07) is 6.03. The molecule has 0 N–H and O–H groups in total. The van der Waals surface area contributed by atoms with Crippen LogP contribution in [0.25, 0.3) is 0 Å². The number of benzene rings is 1. The van der Waals surface area contributed by atoms with Crippen LogP contribution in [-0.4, -0.2) is 5.97 Å². The topological polar surface area (TPSA) is 26.3 Å². The predicted octanol–water partition coefficient (Wildman–Crippen LogP) is 7.38. The Morgan fingerprint density at radius 1 is 0.769 bits per heavy atom. The van der Waals surface area contributed by atoms with Crippen LogP contribution in [0.15, 0.2) is 18.2 Å². The maximum atomic E-state index is 11.6. The molecule has 26 heavy (non-hydrogen) atoms. The highest BCUT2D eigenvalue weighted by atomic mass is 16.5. The lowest BCUT2D eigenvalue weighted by molar-refractivity contribution is 0.0535. The van der Waals surface area contributed by atoms with Gasteiger partial charge in [0.1, 0.15) is 6.61 Å². The molecular weight excluding hydrogens is 320 g/mol. The third-order valence-electron chi connectivity index (χ3n) is 5.64. The molecule has 0 fully saturated rings. The molecule has 0 saturated heterocycles. The average molecular weight is 359 g/mol. The summed E-state index contributed by atoms with van der Waals surface area (Å²) in [7, 11) is 0. The van der Waals surface area contributed by atoms with E-state index in [-0.39, 0.29) is 5.97 Å². The van der Waals surface area contributed by atoms with Crippen molar-refractivity contribution in [3.05, 3.63) is 34.9 Å². The first-order valence-corrected chi connectivity index (χ1v) is 11.1. The Morgan fingerprint density at radius 2 is 1.31 bits per heavy atom. The summed E-state index contributed by atoms with van der Waals surface area (Å²) >= 11 is 0. The SMILES string of the molecule is CCCCCCCCCCCCCCCCc1cccc2c1COC2=O. The Kier molecular flexibility index (Phi) is 10.5. The molecule has 2 heteroatoms. The van der Waals surface area contributed by atoms with Crippen molar-refractivity contribution in [1.29, 1.82) is 0 Å². The molecular formula is C24H38O2. The lowest BCUT2D eigenvalue weighted by atomic mass is 9.98. The van der Waals surface area contributed by atoms with Crippen molar-refractivity contribution >= 4 is 5.97 Å². The summed E-state index contributed by atoms with van der Waals surface area (Å²) in [5, 5.41) is 0. The zero-order valence-corrected chi connectivity index (χ0v) is 16.9. The standard InChI is InChI=1S/C24H38O2/c1-2-3-4-5-6-7-8-9-10-11-12-13-14-15-17-21-18-16-19-22-23(21)20-26-24(22)25/h16,18-19H,2-15,17,20H2,1H3. The van der Waals surface area contributed by atoms with Gasteiger partial charge in [0.15, 0.2) is 0 Å². The lowest BCUT2D eigenvalue weighted by Crippen LogP contribution is -1.96. The van der Waals surface area contributed by atoms with Crippen LogP contribution >= 0.6 is 0 Å². The van der Waals surface area contributed by atoms with Crippen LogP contribution in [0.5, 0.6) is 0 Å². The monoisotopic (exact) mass is 358 g/mol. The first-order chi connectivity index (χ1) is 12.8. The fraction of sp³-hybridized carbons (Fsp3) is 0.708. The van der Waals surface area contributed by atoms with Crippen molar-refractivity contribution in [2.24, 2.45) is 0 Å². The van der Waals surface area contributed by atoms with Crippen LogP contribution < -0.4 is 0 Å². The molecule has 1 aliphatic heterocycles. The molecule has 0 spiro atoms. The van der Waals surface area contributed by atoms with Crippen molar-refractivity contribution < 1.29 is 9.53 Å². The van der Waals surface area contributed by atoms with E-state index in [9.17, 15) is 4.79 Å². The molecule has 0 saturated carbocycles. The van der Waals surface area contributed by atoms with Gasteiger partial charge in [-0.2, -0.15) is 0 Å². The van der Waals surface area contributed by atoms with E-state index in [1.807, 2.05) is 12.1 Å². The normalized spacial score (nSPS) is 13.0. The summed E-state index contributed by atoms with van der Waals surface area (Å²) in [6.45, 7) is 2.76. The molecule has 1 aromatic rings. The second kappa shape index (κ2) is 12.9. The van der Waals surface area contributed by atoms with Crippen molar-refractivity contribution in [2.75, 3.05) is 0 Å². The molecule has 0 aromatic heterocycles. The first kappa shape index (κ1) is 21.0. The number of ether oxygens (including phenoxy) is 1. The second-order valence-corrected chi connectivity index (χ2v) is 7.87. The van der Waals surface area contributed by atoms with E-state index in [4.69, 9.17) is 4.74 Å². The first-order valence-electron chi connectivity index (χ1n) is 11.1. The molecule has 0 bridgehead atoms. The summed E-state index contributed by atoms with van der Waals surface area (Å²) in [4.78, 5) is 11.6. The average Bonchev–Trinajstić information content (AvgIpc) is 3.04. The van der Waals surface area contributed by atoms with Gasteiger partial charge < -0.3 is 4.74 Å². The van der Waals surface area contributed by atoms with Crippen molar-refractivity contribution in [1.82, 2.24) is 0 Å². The summed E-state index contributed by atoms with van der Waals surface area (Å²) in [6.07, 6.45) is 20.5. The number of aryl methyl sites for hydroxylation is 1. The number of hydrogen-bond donors (Lipinski definition) is 0. The van der Waals surface area contributed by atoms with Gasteiger partial charge in [-0.3, -0.25) is 0 Å². The van der Waals surface area contributed by atoms with Gasteiger partial charge in [-0.25, -0.2) is 4.79 Å². The smallest absolute Gasteiger partial charge is 0.338 e. The van der Waals surface area contributed by atoms with E-state index < -0.39 is 0 Å². The van der Waals surface area contributed by atoms with E-state index in [1.54, 1.807) is 0 Å². The predicted molar refractivity (Wildman–Crippen MR) is 110 cm³/mol. The van der Waals surface area contributed by atoms with Gasteiger partial charge in [-0.05, 0) is 24.5 Å². The number of rotatable bonds is 15. The number of esters is 1. The highest BCUT2D eigenvalue weighted by Crippen LogP contribution is 2.25. The van der Waals surface area contributed by atoms with Crippen molar-refractivity contribution in [2.45, 2.75) is 110 Å². The Balaban J connectivity index is 1.41. The molecule has 146 valence electrons. The molecule has 1 aromatic carbocycles. The van der Waals surface area contributed by atoms with Gasteiger partial charge in [0.25, 0.3) is 0 Å². The van der Waals surface area contributed by atoms with Gasteiger partial charge in [0, 0.05) is 5.56 Å². The Labute approximate surface area is 160 Å². The number of fused-ring (bicyclic) bond motifs is 1. The number of hydrogen-bond acceptors (Lipinski definition) is 2. The minimum absolute atomic E-state index is 0.150. The molecule has 2 nitrogen and oxygen atoms in total. The number of unbranched alkanes of at least 4 members (excludes halogenated alkanes) is 13. The Bertz CT molecular complexity index is 521. The van der Waals surface area contributed by atoms with E-state index in [1.165, 1.54) is 95.5 Å². The van der Waals surface area contributed by atoms with Gasteiger partial charge >= 0.3 is 5.97 Å². The van der Waals surface area contributed by atoms with E-state index in [0.717, 1.165) is 17.5 Å². The molecule has 1 aliphatic rings. The van der Waals surface area contributed by atoms with Gasteiger partial charge in [-0.15, -0.1) is 0 Å². The third kappa shape index (κ3) is 7.51. The number of carbonyl (C=O) groups excluding carboxylic acids is 1. The fourth-order valence-corrected chi connectivity index (χ4v) is 3.96. The van der Waals surface area contributed by atoms with E-state index in [0.29, 0.717) is 6.61 Å². The van der Waals surface area contributed by atoms with E-state index in [2.05, 4.69) is 13.0 Å². The van der Waals surface area contributed by atoms with Crippen molar-refractivity contribution in [3.8, 4) is 0 Å². The summed E-state index contributed by atoms with van der Waals surface area (Å²) in [5.41, 5.74) is 3.23. The highest BCUT2D eigenvalue weighted by Gasteiger charge is 2.22. The summed E-state index contributed by atoms with van der Waals surface area (Å²) < 4.78 is 5.15.